The van der Waals surface area contributed by atoms with Crippen LogP contribution < -0.4 is 5.56 Å². The van der Waals surface area contributed by atoms with Crippen molar-refractivity contribution in [3.63, 3.8) is 0 Å². The number of ketones is 1. The van der Waals surface area contributed by atoms with Crippen molar-refractivity contribution in [1.82, 2.24) is 4.98 Å². The summed E-state index contributed by atoms with van der Waals surface area (Å²) in [6.45, 7) is 1.51. The van der Waals surface area contributed by atoms with E-state index in [0.717, 1.165) is 12.2 Å². The van der Waals surface area contributed by atoms with Crippen molar-refractivity contribution in [2.24, 2.45) is 0 Å². The normalized spacial score (nSPS) is 10.6. The van der Waals surface area contributed by atoms with Crippen LogP contribution >= 0.6 is 0 Å². The van der Waals surface area contributed by atoms with E-state index in [1.165, 1.54) is 13.0 Å². The van der Waals surface area contributed by atoms with Gasteiger partial charge in [0.05, 0.1) is 5.69 Å². The number of pyridine rings is 1. The molecule has 0 bridgehead atoms. The first-order chi connectivity index (χ1) is 7.41. The number of nitrogens with one attached hydrogen (secondary N) is 1. The predicted molar refractivity (Wildman–Crippen MR) is 55.1 cm³/mol. The molecule has 16 heavy (non-hydrogen) atoms. The highest BCUT2D eigenvalue weighted by Gasteiger charge is 2.07. The monoisotopic (exact) mass is 223 g/mol. The summed E-state index contributed by atoms with van der Waals surface area (Å²) in [6.07, 6.45) is 1.79. The van der Waals surface area contributed by atoms with Crippen molar-refractivity contribution in [2.75, 3.05) is 0 Å². The summed E-state index contributed by atoms with van der Waals surface area (Å²) in [5.41, 5.74) is -0.107. The lowest BCUT2D eigenvalue weighted by atomic mass is 10.2. The van der Waals surface area contributed by atoms with Crippen LogP contribution in [0.4, 0.5) is 0 Å². The Morgan fingerprint density at radius 3 is 2.62 bits per heavy atom. The molecule has 1 rings (SSSR count). The molecule has 0 aliphatic rings. The maximum Gasteiger partial charge on any atom is 0.376 e. The number of H-pyrrole nitrogens is 1. The molecule has 3 N–H and O–H groups in total. The second-order valence-electron chi connectivity index (χ2n) is 3.08. The van der Waals surface area contributed by atoms with Gasteiger partial charge in [0.1, 0.15) is 5.75 Å². The van der Waals surface area contributed by atoms with Gasteiger partial charge in [-0.25, -0.2) is 4.79 Å². The lowest BCUT2D eigenvalue weighted by Gasteiger charge is -1.99. The van der Waals surface area contributed by atoms with Crippen molar-refractivity contribution in [1.29, 1.82) is 0 Å². The molecule has 0 atom stereocenters. The fourth-order valence-corrected chi connectivity index (χ4v) is 0.991. The Kier molecular flexibility index (Phi) is 3.24. The van der Waals surface area contributed by atoms with Gasteiger partial charge in [-0.15, -0.1) is 0 Å². The third-order valence-electron chi connectivity index (χ3n) is 1.85. The highest BCUT2D eigenvalue weighted by Crippen LogP contribution is 2.14. The zero-order chi connectivity index (χ0) is 12.3. The molecule has 0 radical (unpaired) electrons. The summed E-state index contributed by atoms with van der Waals surface area (Å²) in [4.78, 5) is 34.4. The molecule has 1 heterocycles. The zero-order valence-corrected chi connectivity index (χ0v) is 8.35. The van der Waals surface area contributed by atoms with E-state index in [2.05, 4.69) is 4.98 Å². The average Bonchev–Trinajstić information content (AvgIpc) is 2.20. The number of aromatic nitrogens is 1. The van der Waals surface area contributed by atoms with Crippen LogP contribution in [0.5, 0.6) is 5.75 Å². The smallest absolute Gasteiger partial charge is 0.376 e. The van der Waals surface area contributed by atoms with Crippen LogP contribution in [0.2, 0.25) is 0 Å². The molecule has 84 valence electrons. The summed E-state index contributed by atoms with van der Waals surface area (Å²) in [5.74, 6) is -2.97. The predicted octanol–water partition coefficient (Wildman–Crippen LogP) is 0.0558. The van der Waals surface area contributed by atoms with Gasteiger partial charge in [-0.05, 0) is 25.1 Å². The third-order valence-corrected chi connectivity index (χ3v) is 1.85. The number of aromatic hydroxyl groups is 1. The standard InChI is InChI=1S/C10H9NO5/c1-5-4-8(13)6(11-9(5)14)2-3-7(12)10(15)16/h2-4,13H,1H3,(H,11,14)(H,15,16)/b3-2-. The van der Waals surface area contributed by atoms with E-state index in [1.54, 1.807) is 0 Å². The summed E-state index contributed by atoms with van der Waals surface area (Å²) in [6, 6.07) is 1.23. The number of aliphatic carboxylic acids is 1. The number of carboxylic acid groups (broad SMARTS) is 1. The molecule has 6 heteroatoms. The Morgan fingerprint density at radius 2 is 2.06 bits per heavy atom. The Morgan fingerprint density at radius 1 is 1.44 bits per heavy atom. The number of aromatic amines is 1. The number of carbonyl (C=O) groups is 2. The maximum atomic E-state index is 11.2. The first kappa shape index (κ1) is 11.7. The van der Waals surface area contributed by atoms with E-state index < -0.39 is 17.3 Å². The minimum absolute atomic E-state index is 0.00907. The van der Waals surface area contributed by atoms with Crippen LogP contribution in [-0.4, -0.2) is 26.9 Å². The molecule has 0 saturated carbocycles. The number of aryl methyl sites for hydroxylation is 1. The molecule has 0 amide bonds. The van der Waals surface area contributed by atoms with E-state index in [9.17, 15) is 19.5 Å². The molecule has 0 unspecified atom stereocenters. The van der Waals surface area contributed by atoms with Crippen molar-refractivity contribution in [3.05, 3.63) is 33.8 Å². The fourth-order valence-electron chi connectivity index (χ4n) is 0.991. The van der Waals surface area contributed by atoms with Crippen LogP contribution in [0.1, 0.15) is 11.3 Å². The third kappa shape index (κ3) is 2.57. The van der Waals surface area contributed by atoms with Crippen molar-refractivity contribution in [3.8, 4) is 5.75 Å². The van der Waals surface area contributed by atoms with Gasteiger partial charge in [0.15, 0.2) is 0 Å². The van der Waals surface area contributed by atoms with E-state index in [0.29, 0.717) is 5.56 Å². The summed E-state index contributed by atoms with van der Waals surface area (Å²) in [7, 11) is 0. The number of hydrogen-bond donors (Lipinski definition) is 3. The largest absolute Gasteiger partial charge is 0.506 e. The van der Waals surface area contributed by atoms with Gasteiger partial charge in [-0.1, -0.05) is 0 Å². The van der Waals surface area contributed by atoms with Crippen LogP contribution in [0, 0.1) is 6.92 Å². The summed E-state index contributed by atoms with van der Waals surface area (Å²) in [5, 5.41) is 17.7. The molecule has 0 aromatic carbocycles. The zero-order valence-electron chi connectivity index (χ0n) is 8.35. The van der Waals surface area contributed by atoms with Gasteiger partial charge in [0.2, 0.25) is 0 Å². The number of hydrogen-bond acceptors (Lipinski definition) is 4. The molecule has 6 nitrogen and oxygen atoms in total. The Balaban J connectivity index is 3.07. The first-order valence-electron chi connectivity index (χ1n) is 4.30. The SMILES string of the molecule is Cc1cc(O)c(/C=C\C(=O)C(=O)O)[nH]c1=O. The molecule has 0 saturated heterocycles. The summed E-state index contributed by atoms with van der Waals surface area (Å²) >= 11 is 0. The molecule has 0 fully saturated rings. The highest BCUT2D eigenvalue weighted by atomic mass is 16.4. The second kappa shape index (κ2) is 4.43. The fraction of sp³-hybridized carbons (Fsp3) is 0.100. The number of rotatable bonds is 3. The number of carboxylic acids is 1. The second-order valence-corrected chi connectivity index (χ2v) is 3.08. The van der Waals surface area contributed by atoms with Crippen molar-refractivity contribution < 1.29 is 19.8 Å². The minimum atomic E-state index is -1.61. The van der Waals surface area contributed by atoms with Crippen molar-refractivity contribution >= 4 is 17.8 Å². The molecular formula is C10H9NO5. The van der Waals surface area contributed by atoms with Crippen LogP contribution in [0.15, 0.2) is 16.9 Å². The summed E-state index contributed by atoms with van der Waals surface area (Å²) < 4.78 is 0. The van der Waals surface area contributed by atoms with Crippen LogP contribution in [0.3, 0.4) is 0 Å². The van der Waals surface area contributed by atoms with Gasteiger partial charge in [0, 0.05) is 5.56 Å². The highest BCUT2D eigenvalue weighted by molar-refractivity contribution is 6.38. The van der Waals surface area contributed by atoms with Gasteiger partial charge in [-0.2, -0.15) is 0 Å². The van der Waals surface area contributed by atoms with Crippen LogP contribution in [0.25, 0.3) is 6.08 Å². The molecule has 0 spiro atoms. The lowest BCUT2D eigenvalue weighted by Crippen LogP contribution is -2.11. The first-order valence-corrected chi connectivity index (χ1v) is 4.30. The Labute approximate surface area is 89.9 Å². The van der Waals surface area contributed by atoms with E-state index >= 15 is 0 Å². The van der Waals surface area contributed by atoms with Crippen LogP contribution in [-0.2, 0) is 9.59 Å². The van der Waals surface area contributed by atoms with Gasteiger partial charge in [0.25, 0.3) is 11.3 Å². The van der Waals surface area contributed by atoms with E-state index in [1.807, 2.05) is 0 Å². The quantitative estimate of drug-likeness (QED) is 0.496. The molecule has 0 aliphatic heterocycles. The van der Waals surface area contributed by atoms with Gasteiger partial charge < -0.3 is 15.2 Å². The number of carbonyl (C=O) groups excluding carboxylic acids is 1. The Bertz CT molecular complexity index is 527. The lowest BCUT2D eigenvalue weighted by molar-refractivity contribution is -0.146. The maximum absolute atomic E-state index is 11.2. The minimum Gasteiger partial charge on any atom is -0.506 e. The van der Waals surface area contributed by atoms with Gasteiger partial charge in [-0.3, -0.25) is 9.59 Å². The average molecular weight is 223 g/mol. The van der Waals surface area contributed by atoms with E-state index in [-0.39, 0.29) is 11.4 Å². The molecule has 1 aromatic rings. The van der Waals surface area contributed by atoms with E-state index in [4.69, 9.17) is 5.11 Å². The molecule has 1 aromatic heterocycles. The topological polar surface area (TPSA) is 107 Å². The molecular weight excluding hydrogens is 214 g/mol. The van der Waals surface area contributed by atoms with Crippen molar-refractivity contribution in [2.45, 2.75) is 6.92 Å². The Hall–Kier alpha value is -2.37. The van der Waals surface area contributed by atoms with Gasteiger partial charge >= 0.3 is 5.97 Å². The molecule has 0 aliphatic carbocycles.